The molecule has 0 radical (unpaired) electrons. The second kappa shape index (κ2) is 8.20. The Kier molecular flexibility index (Phi) is 5.73. The maximum absolute atomic E-state index is 12.6. The van der Waals surface area contributed by atoms with E-state index >= 15 is 0 Å². The lowest BCUT2D eigenvalue weighted by Gasteiger charge is -2.39. The van der Waals surface area contributed by atoms with Gasteiger partial charge in [0.1, 0.15) is 5.75 Å². The van der Waals surface area contributed by atoms with E-state index in [0.717, 1.165) is 5.56 Å². The lowest BCUT2D eigenvalue weighted by molar-refractivity contribution is -0.142. The first kappa shape index (κ1) is 18.9. The van der Waals surface area contributed by atoms with Gasteiger partial charge < -0.3 is 19.1 Å². The number of rotatable bonds is 5. The number of carbonyl (C=O) groups is 2. The highest BCUT2D eigenvalue weighted by molar-refractivity contribution is 5.79. The molecule has 0 unspecified atom stereocenters. The maximum Gasteiger partial charge on any atom is 0.258 e. The van der Waals surface area contributed by atoms with Crippen molar-refractivity contribution in [3.05, 3.63) is 30.1 Å². The zero-order valence-corrected chi connectivity index (χ0v) is 15.8. The summed E-state index contributed by atoms with van der Waals surface area (Å²) in [6.07, 6.45) is 0.552. The smallest absolute Gasteiger partial charge is 0.258 e. The molecule has 1 aromatic carbocycles. The van der Waals surface area contributed by atoms with Gasteiger partial charge >= 0.3 is 0 Å². The molecule has 2 amide bonds. The first-order chi connectivity index (χ1) is 13.0. The Morgan fingerprint density at radius 2 is 2.11 bits per heavy atom. The number of ether oxygens (including phenoxy) is 1. The lowest BCUT2D eigenvalue weighted by Crippen LogP contribution is -2.55. The lowest BCUT2D eigenvalue weighted by atomic mass is 10.1. The van der Waals surface area contributed by atoms with Gasteiger partial charge in [0.2, 0.25) is 11.8 Å². The predicted octanol–water partition coefficient (Wildman–Crippen LogP) is 1.76. The summed E-state index contributed by atoms with van der Waals surface area (Å²) in [6.45, 7) is 5.41. The van der Waals surface area contributed by atoms with Crippen LogP contribution in [0.15, 0.2) is 28.8 Å². The Hall–Kier alpha value is -2.90. The summed E-state index contributed by atoms with van der Waals surface area (Å²) in [5, 5.41) is 3.92. The summed E-state index contributed by atoms with van der Waals surface area (Å²) in [4.78, 5) is 32.4. The Morgan fingerprint density at radius 1 is 1.30 bits per heavy atom. The van der Waals surface area contributed by atoms with Gasteiger partial charge in [-0.1, -0.05) is 18.1 Å². The molecule has 2 heterocycles. The van der Waals surface area contributed by atoms with E-state index in [2.05, 4.69) is 10.1 Å². The van der Waals surface area contributed by atoms with Gasteiger partial charge in [0.05, 0.1) is 13.5 Å². The van der Waals surface area contributed by atoms with Gasteiger partial charge in [-0.05, 0) is 25.1 Å². The summed E-state index contributed by atoms with van der Waals surface area (Å²) < 4.78 is 10.5. The largest absolute Gasteiger partial charge is 0.497 e. The minimum absolute atomic E-state index is 0.00719. The first-order valence-electron chi connectivity index (χ1n) is 9.06. The molecule has 1 aliphatic rings. The molecule has 0 aliphatic carbocycles. The van der Waals surface area contributed by atoms with Crippen molar-refractivity contribution >= 4 is 11.8 Å². The quantitative estimate of drug-likeness (QED) is 0.795. The standard InChI is InChI=1S/C19H24N4O4/c1-4-17(24)23-9-8-22(12-13(23)2)18(25)11-16-20-19(27-21-16)14-6-5-7-15(10-14)26-3/h5-7,10,13H,4,8-9,11-12H2,1-3H3/t13-/m1/s1. The van der Waals surface area contributed by atoms with E-state index in [4.69, 9.17) is 9.26 Å². The summed E-state index contributed by atoms with van der Waals surface area (Å²) in [7, 11) is 1.59. The number of hydrogen-bond donors (Lipinski definition) is 0. The fourth-order valence-corrected chi connectivity index (χ4v) is 3.20. The molecule has 0 spiro atoms. The SMILES string of the molecule is CCC(=O)N1CCN(C(=O)Cc2noc(-c3cccc(OC)c3)n2)C[C@H]1C. The fourth-order valence-electron chi connectivity index (χ4n) is 3.20. The van der Waals surface area contributed by atoms with Crippen molar-refractivity contribution in [2.75, 3.05) is 26.7 Å². The molecule has 2 aromatic rings. The van der Waals surface area contributed by atoms with Crippen molar-refractivity contribution in [2.24, 2.45) is 0 Å². The maximum atomic E-state index is 12.6. The number of aromatic nitrogens is 2. The van der Waals surface area contributed by atoms with Crippen LogP contribution in [0.25, 0.3) is 11.5 Å². The third kappa shape index (κ3) is 4.27. The highest BCUT2D eigenvalue weighted by Gasteiger charge is 2.29. The van der Waals surface area contributed by atoms with E-state index in [1.54, 1.807) is 18.1 Å². The number of methoxy groups -OCH3 is 1. The van der Waals surface area contributed by atoms with Crippen LogP contribution in [0.3, 0.4) is 0 Å². The third-order valence-corrected chi connectivity index (χ3v) is 4.70. The molecule has 0 N–H and O–H groups in total. The van der Waals surface area contributed by atoms with Gasteiger partial charge in [-0.15, -0.1) is 0 Å². The Balaban J connectivity index is 1.62. The summed E-state index contributed by atoms with van der Waals surface area (Å²) in [6, 6.07) is 7.31. The van der Waals surface area contributed by atoms with Crippen LogP contribution < -0.4 is 4.74 Å². The predicted molar refractivity (Wildman–Crippen MR) is 98.0 cm³/mol. The van der Waals surface area contributed by atoms with E-state index in [1.165, 1.54) is 0 Å². The van der Waals surface area contributed by atoms with E-state index in [0.29, 0.717) is 43.5 Å². The van der Waals surface area contributed by atoms with Crippen LogP contribution in [-0.4, -0.2) is 64.5 Å². The van der Waals surface area contributed by atoms with Gasteiger partial charge in [0.15, 0.2) is 5.82 Å². The molecule has 3 rings (SSSR count). The van der Waals surface area contributed by atoms with Gasteiger partial charge in [0, 0.05) is 37.7 Å². The minimum atomic E-state index is -0.0663. The Morgan fingerprint density at radius 3 is 2.81 bits per heavy atom. The molecule has 1 aliphatic heterocycles. The third-order valence-electron chi connectivity index (χ3n) is 4.70. The summed E-state index contributed by atoms with van der Waals surface area (Å²) in [5.41, 5.74) is 0.737. The number of carbonyl (C=O) groups excluding carboxylic acids is 2. The van der Waals surface area contributed by atoms with Crippen molar-refractivity contribution < 1.29 is 18.8 Å². The van der Waals surface area contributed by atoms with Crippen molar-refractivity contribution in [3.8, 4) is 17.2 Å². The van der Waals surface area contributed by atoms with Crippen molar-refractivity contribution in [3.63, 3.8) is 0 Å². The van der Waals surface area contributed by atoms with Crippen LogP contribution in [0.5, 0.6) is 5.75 Å². The van der Waals surface area contributed by atoms with Gasteiger partial charge in [0.25, 0.3) is 5.89 Å². The van der Waals surface area contributed by atoms with Crippen LogP contribution in [-0.2, 0) is 16.0 Å². The number of hydrogen-bond acceptors (Lipinski definition) is 6. The normalized spacial score (nSPS) is 17.1. The minimum Gasteiger partial charge on any atom is -0.497 e. The Labute approximate surface area is 158 Å². The van der Waals surface area contributed by atoms with Gasteiger partial charge in [-0.25, -0.2) is 0 Å². The summed E-state index contributed by atoms with van der Waals surface area (Å²) in [5.74, 6) is 1.44. The van der Waals surface area contributed by atoms with E-state index in [9.17, 15) is 9.59 Å². The molecular formula is C19H24N4O4. The molecule has 1 saturated heterocycles. The first-order valence-corrected chi connectivity index (χ1v) is 9.06. The summed E-state index contributed by atoms with van der Waals surface area (Å²) >= 11 is 0. The number of amides is 2. The topological polar surface area (TPSA) is 88.8 Å². The number of benzene rings is 1. The average molecular weight is 372 g/mol. The molecular weight excluding hydrogens is 348 g/mol. The van der Waals surface area contributed by atoms with Crippen LogP contribution in [0.2, 0.25) is 0 Å². The zero-order valence-electron chi connectivity index (χ0n) is 15.8. The van der Waals surface area contributed by atoms with Crippen LogP contribution in [0, 0.1) is 0 Å². The van der Waals surface area contributed by atoms with Crippen LogP contribution in [0.1, 0.15) is 26.1 Å². The zero-order chi connectivity index (χ0) is 19.4. The average Bonchev–Trinajstić information content (AvgIpc) is 3.15. The second-order valence-electron chi connectivity index (χ2n) is 6.55. The van der Waals surface area contributed by atoms with Crippen LogP contribution >= 0.6 is 0 Å². The molecule has 0 saturated carbocycles. The van der Waals surface area contributed by atoms with Crippen molar-refractivity contribution in [1.82, 2.24) is 19.9 Å². The molecule has 8 nitrogen and oxygen atoms in total. The molecule has 1 atom stereocenters. The molecule has 0 bridgehead atoms. The Bertz CT molecular complexity index is 820. The van der Waals surface area contributed by atoms with Crippen LogP contribution in [0.4, 0.5) is 0 Å². The van der Waals surface area contributed by atoms with E-state index < -0.39 is 0 Å². The highest BCUT2D eigenvalue weighted by atomic mass is 16.5. The fraction of sp³-hybridized carbons (Fsp3) is 0.474. The van der Waals surface area contributed by atoms with E-state index in [1.807, 2.05) is 36.9 Å². The highest BCUT2D eigenvalue weighted by Crippen LogP contribution is 2.22. The monoisotopic (exact) mass is 372 g/mol. The molecule has 8 heteroatoms. The number of piperazine rings is 1. The van der Waals surface area contributed by atoms with E-state index in [-0.39, 0.29) is 24.3 Å². The molecule has 27 heavy (non-hydrogen) atoms. The van der Waals surface area contributed by atoms with Gasteiger partial charge in [-0.3, -0.25) is 9.59 Å². The van der Waals surface area contributed by atoms with Crippen molar-refractivity contribution in [1.29, 1.82) is 0 Å². The number of nitrogens with zero attached hydrogens (tertiary/aromatic N) is 4. The molecule has 1 fully saturated rings. The van der Waals surface area contributed by atoms with Gasteiger partial charge in [-0.2, -0.15) is 4.98 Å². The second-order valence-corrected chi connectivity index (χ2v) is 6.55. The van der Waals surface area contributed by atoms with Crippen molar-refractivity contribution in [2.45, 2.75) is 32.7 Å². The molecule has 144 valence electrons. The molecule has 1 aromatic heterocycles.